The fraction of sp³-hybridized carbons (Fsp3) is 0.417. The van der Waals surface area contributed by atoms with Crippen LogP contribution in [0, 0.1) is 15.4 Å². The molecule has 15 heavy (non-hydrogen) atoms. The predicted molar refractivity (Wildman–Crippen MR) is 66.7 cm³/mol. The van der Waals surface area contributed by atoms with Crippen LogP contribution in [-0.4, -0.2) is 23.9 Å². The van der Waals surface area contributed by atoms with Crippen molar-refractivity contribution >= 4 is 28.5 Å². The van der Waals surface area contributed by atoms with Crippen molar-refractivity contribution < 1.29 is 4.79 Å². The zero-order valence-electron chi connectivity index (χ0n) is 8.32. The highest BCUT2D eigenvalue weighted by Crippen LogP contribution is 2.45. The van der Waals surface area contributed by atoms with Crippen molar-refractivity contribution in [1.29, 1.82) is 0 Å². The first-order valence-corrected chi connectivity index (χ1v) is 6.37. The van der Waals surface area contributed by atoms with E-state index in [1.165, 1.54) is 6.42 Å². The lowest BCUT2D eigenvalue weighted by molar-refractivity contribution is 0.0774. The van der Waals surface area contributed by atoms with Crippen LogP contribution in [0.3, 0.4) is 0 Å². The van der Waals surface area contributed by atoms with Crippen LogP contribution in [0.4, 0.5) is 0 Å². The van der Waals surface area contributed by atoms with E-state index >= 15 is 0 Å². The van der Waals surface area contributed by atoms with Gasteiger partial charge in [-0.05, 0) is 53.0 Å². The summed E-state index contributed by atoms with van der Waals surface area (Å²) in [7, 11) is 0. The number of benzene rings is 1. The highest BCUT2D eigenvalue weighted by atomic mass is 127. The number of piperidine rings is 1. The molecule has 2 fully saturated rings. The molecule has 0 bridgehead atoms. The first-order valence-electron chi connectivity index (χ1n) is 5.29. The number of rotatable bonds is 1. The molecular weight excluding hydrogens is 301 g/mol. The van der Waals surface area contributed by atoms with E-state index < -0.39 is 0 Å². The molecule has 1 aromatic carbocycles. The minimum absolute atomic E-state index is 0.215. The average molecular weight is 313 g/mol. The van der Waals surface area contributed by atoms with Crippen LogP contribution >= 0.6 is 22.6 Å². The van der Waals surface area contributed by atoms with E-state index in [2.05, 4.69) is 22.6 Å². The van der Waals surface area contributed by atoms with Gasteiger partial charge in [-0.15, -0.1) is 0 Å². The lowest BCUT2D eigenvalue weighted by Gasteiger charge is -2.18. The zero-order valence-corrected chi connectivity index (χ0v) is 10.5. The van der Waals surface area contributed by atoms with Gasteiger partial charge in [-0.1, -0.05) is 12.1 Å². The largest absolute Gasteiger partial charge is 0.338 e. The minimum atomic E-state index is 0.215. The molecule has 2 unspecified atom stereocenters. The van der Waals surface area contributed by atoms with Gasteiger partial charge < -0.3 is 4.90 Å². The summed E-state index contributed by atoms with van der Waals surface area (Å²) in [6.45, 7) is 1.96. The van der Waals surface area contributed by atoms with Gasteiger partial charge in [-0.25, -0.2) is 0 Å². The summed E-state index contributed by atoms with van der Waals surface area (Å²) in [5.41, 5.74) is 0.861. The van der Waals surface area contributed by atoms with Gasteiger partial charge in [0, 0.05) is 16.7 Å². The van der Waals surface area contributed by atoms with Crippen LogP contribution in [0.15, 0.2) is 24.3 Å². The van der Waals surface area contributed by atoms with E-state index in [4.69, 9.17) is 0 Å². The monoisotopic (exact) mass is 313 g/mol. The van der Waals surface area contributed by atoms with E-state index in [0.717, 1.165) is 34.1 Å². The Kier molecular flexibility index (Phi) is 2.23. The summed E-state index contributed by atoms with van der Waals surface area (Å²) in [6, 6.07) is 7.82. The topological polar surface area (TPSA) is 20.3 Å². The highest BCUT2D eigenvalue weighted by Gasteiger charge is 2.46. The molecule has 1 heterocycles. The smallest absolute Gasteiger partial charge is 0.254 e. The predicted octanol–water partition coefficient (Wildman–Crippen LogP) is 2.38. The van der Waals surface area contributed by atoms with Crippen molar-refractivity contribution in [2.24, 2.45) is 11.8 Å². The van der Waals surface area contributed by atoms with E-state index in [9.17, 15) is 4.79 Å². The van der Waals surface area contributed by atoms with Gasteiger partial charge >= 0.3 is 0 Å². The minimum Gasteiger partial charge on any atom is -0.338 e. The fourth-order valence-corrected chi connectivity index (χ4v) is 2.99. The molecule has 1 saturated heterocycles. The normalized spacial score (nSPS) is 27.7. The third-order valence-corrected chi connectivity index (χ3v) is 4.31. The maximum absolute atomic E-state index is 12.2. The number of fused-ring (bicyclic) bond motifs is 1. The molecular formula is C12H12INO. The first kappa shape index (κ1) is 9.63. The van der Waals surface area contributed by atoms with Gasteiger partial charge in [0.25, 0.3) is 5.91 Å². The lowest BCUT2D eigenvalue weighted by Crippen LogP contribution is -2.30. The second-order valence-electron chi connectivity index (χ2n) is 4.45. The Morgan fingerprint density at radius 2 is 1.93 bits per heavy atom. The summed E-state index contributed by atoms with van der Waals surface area (Å²) in [4.78, 5) is 14.2. The molecule has 0 radical (unpaired) electrons. The Labute approximate surface area is 103 Å². The van der Waals surface area contributed by atoms with Crippen molar-refractivity contribution in [2.75, 3.05) is 13.1 Å². The fourth-order valence-electron chi connectivity index (χ4n) is 2.37. The maximum Gasteiger partial charge on any atom is 0.254 e. The molecule has 2 nitrogen and oxygen atoms in total. The van der Waals surface area contributed by atoms with Gasteiger partial charge in [0.1, 0.15) is 0 Å². The van der Waals surface area contributed by atoms with Crippen molar-refractivity contribution in [3.8, 4) is 0 Å². The zero-order chi connectivity index (χ0) is 10.4. The quantitative estimate of drug-likeness (QED) is 0.729. The second kappa shape index (κ2) is 3.47. The molecule has 0 aromatic heterocycles. The van der Waals surface area contributed by atoms with Crippen molar-refractivity contribution in [3.05, 3.63) is 33.4 Å². The standard InChI is InChI=1S/C12H12INO/c13-11-4-2-1-3-10(11)12(15)14-6-8-5-9(8)7-14/h1-4,8-9H,5-7H2. The third-order valence-electron chi connectivity index (χ3n) is 3.37. The molecule has 3 heteroatoms. The van der Waals surface area contributed by atoms with Crippen LogP contribution in [0.2, 0.25) is 0 Å². The molecule has 3 rings (SSSR count). The van der Waals surface area contributed by atoms with Gasteiger partial charge in [0.2, 0.25) is 0 Å². The van der Waals surface area contributed by atoms with Gasteiger partial charge in [-0.2, -0.15) is 0 Å². The highest BCUT2D eigenvalue weighted by molar-refractivity contribution is 14.1. The van der Waals surface area contributed by atoms with Crippen LogP contribution in [-0.2, 0) is 0 Å². The summed E-state index contributed by atoms with van der Waals surface area (Å²) in [6.07, 6.45) is 1.34. The van der Waals surface area contributed by atoms with E-state index in [0.29, 0.717) is 0 Å². The van der Waals surface area contributed by atoms with Gasteiger partial charge in [-0.3, -0.25) is 4.79 Å². The summed E-state index contributed by atoms with van der Waals surface area (Å²) < 4.78 is 1.06. The first-order chi connectivity index (χ1) is 7.25. The molecule has 1 aliphatic heterocycles. The number of hydrogen-bond donors (Lipinski definition) is 0. The van der Waals surface area contributed by atoms with Crippen LogP contribution in [0.5, 0.6) is 0 Å². The maximum atomic E-state index is 12.2. The van der Waals surface area contributed by atoms with Crippen molar-refractivity contribution in [3.63, 3.8) is 0 Å². The number of carbonyl (C=O) groups excluding carboxylic acids is 1. The van der Waals surface area contributed by atoms with Crippen LogP contribution in [0.25, 0.3) is 0 Å². The number of halogens is 1. The Hall–Kier alpha value is -0.580. The molecule has 0 N–H and O–H groups in total. The van der Waals surface area contributed by atoms with Crippen LogP contribution < -0.4 is 0 Å². The second-order valence-corrected chi connectivity index (χ2v) is 5.61. The Bertz CT molecular complexity index is 408. The van der Waals surface area contributed by atoms with Crippen molar-refractivity contribution in [2.45, 2.75) is 6.42 Å². The summed E-state index contributed by atoms with van der Waals surface area (Å²) in [5, 5.41) is 0. The summed E-state index contributed by atoms with van der Waals surface area (Å²) >= 11 is 2.23. The Morgan fingerprint density at radius 3 is 2.60 bits per heavy atom. The molecule has 1 aromatic rings. The van der Waals surface area contributed by atoms with E-state index in [-0.39, 0.29) is 5.91 Å². The lowest BCUT2D eigenvalue weighted by atomic mass is 10.2. The molecule has 1 saturated carbocycles. The van der Waals surface area contributed by atoms with Crippen molar-refractivity contribution in [1.82, 2.24) is 4.90 Å². The molecule has 1 aliphatic carbocycles. The number of nitrogens with zero attached hydrogens (tertiary/aromatic N) is 1. The number of hydrogen-bond acceptors (Lipinski definition) is 1. The SMILES string of the molecule is O=C(c1ccccc1I)N1CC2CC2C1. The molecule has 2 aliphatic rings. The van der Waals surface area contributed by atoms with Crippen LogP contribution in [0.1, 0.15) is 16.8 Å². The molecule has 78 valence electrons. The molecule has 1 amide bonds. The average Bonchev–Trinajstić information content (AvgIpc) is 2.86. The van der Waals surface area contributed by atoms with E-state index in [1.807, 2.05) is 29.2 Å². The third kappa shape index (κ3) is 1.67. The van der Waals surface area contributed by atoms with E-state index in [1.54, 1.807) is 0 Å². The molecule has 0 spiro atoms. The van der Waals surface area contributed by atoms with Gasteiger partial charge in [0.05, 0.1) is 5.56 Å². The Balaban J connectivity index is 1.82. The number of amides is 1. The van der Waals surface area contributed by atoms with Gasteiger partial charge in [0.15, 0.2) is 0 Å². The summed E-state index contributed by atoms with van der Waals surface area (Å²) in [5.74, 6) is 1.85. The number of carbonyl (C=O) groups is 1. The molecule has 2 atom stereocenters. The Morgan fingerprint density at radius 1 is 1.27 bits per heavy atom. The number of likely N-dealkylation sites (tertiary alicyclic amines) is 1.